The zero-order chi connectivity index (χ0) is 14.2. The molecule has 0 unspecified atom stereocenters. The van der Waals surface area contributed by atoms with Gasteiger partial charge in [-0.05, 0) is 43.9 Å². The predicted octanol–water partition coefficient (Wildman–Crippen LogP) is 3.87. The summed E-state index contributed by atoms with van der Waals surface area (Å²) in [6.07, 6.45) is 12.4. The van der Waals surface area contributed by atoms with Gasteiger partial charge in [0.15, 0.2) is 0 Å². The lowest BCUT2D eigenvalue weighted by molar-refractivity contribution is 0.397. The van der Waals surface area contributed by atoms with E-state index in [2.05, 4.69) is 41.1 Å². The lowest BCUT2D eigenvalue weighted by Gasteiger charge is -2.25. The maximum atomic E-state index is 4.44. The smallest absolute Gasteiger partial charge is 0.0610 e. The van der Waals surface area contributed by atoms with Crippen LogP contribution in [0.4, 0.5) is 0 Å². The highest BCUT2D eigenvalue weighted by molar-refractivity contribution is 5.50. The topological polar surface area (TPSA) is 29.9 Å². The van der Waals surface area contributed by atoms with Crippen molar-refractivity contribution < 1.29 is 0 Å². The Morgan fingerprint density at radius 1 is 1.35 bits per heavy atom. The van der Waals surface area contributed by atoms with Crippen LogP contribution in [0.3, 0.4) is 0 Å². The van der Waals surface area contributed by atoms with E-state index in [4.69, 9.17) is 0 Å². The van der Waals surface area contributed by atoms with Crippen LogP contribution in [0.15, 0.2) is 17.8 Å². The van der Waals surface area contributed by atoms with E-state index in [1.807, 2.05) is 6.20 Å². The van der Waals surface area contributed by atoms with E-state index in [0.717, 1.165) is 32.0 Å². The molecule has 0 aromatic carbocycles. The van der Waals surface area contributed by atoms with E-state index in [1.54, 1.807) is 5.57 Å². The first-order valence-corrected chi connectivity index (χ1v) is 8.28. The van der Waals surface area contributed by atoms with Crippen molar-refractivity contribution in [2.45, 2.75) is 58.9 Å². The van der Waals surface area contributed by atoms with Gasteiger partial charge in [-0.15, -0.1) is 0 Å². The van der Waals surface area contributed by atoms with Crippen molar-refractivity contribution in [3.63, 3.8) is 0 Å². The Morgan fingerprint density at radius 3 is 2.85 bits per heavy atom. The first kappa shape index (κ1) is 15.3. The summed E-state index contributed by atoms with van der Waals surface area (Å²) >= 11 is 0. The number of likely N-dealkylation sites (N-methyl/N-ethyl adjacent to an activating group) is 1. The molecule has 1 aliphatic rings. The number of aromatic nitrogens is 2. The van der Waals surface area contributed by atoms with Gasteiger partial charge in [-0.2, -0.15) is 5.10 Å². The molecule has 1 N–H and O–H groups in total. The molecule has 0 aliphatic heterocycles. The molecule has 0 spiro atoms. The summed E-state index contributed by atoms with van der Waals surface area (Å²) in [5.74, 6) is 0.771. The number of nitrogens with one attached hydrogen (secondary N) is 1. The summed E-state index contributed by atoms with van der Waals surface area (Å²) < 4.78 is 2.13. The van der Waals surface area contributed by atoms with Crippen LogP contribution in [0.25, 0.3) is 6.08 Å². The highest BCUT2D eigenvalue weighted by atomic mass is 15.3. The zero-order valence-corrected chi connectivity index (χ0v) is 13.1. The van der Waals surface area contributed by atoms with Crippen molar-refractivity contribution in [1.82, 2.24) is 15.1 Å². The molecule has 1 saturated carbocycles. The number of hydrogen-bond donors (Lipinski definition) is 1. The lowest BCUT2D eigenvalue weighted by Crippen LogP contribution is -2.22. The van der Waals surface area contributed by atoms with E-state index in [0.29, 0.717) is 0 Å². The summed E-state index contributed by atoms with van der Waals surface area (Å²) in [6.45, 7) is 7.46. The maximum Gasteiger partial charge on any atom is 0.0610 e. The van der Waals surface area contributed by atoms with Crippen LogP contribution < -0.4 is 5.32 Å². The summed E-state index contributed by atoms with van der Waals surface area (Å²) in [7, 11) is 0. The fraction of sp³-hybridized carbons (Fsp3) is 0.706. The van der Waals surface area contributed by atoms with Gasteiger partial charge in [0.05, 0.1) is 5.69 Å². The van der Waals surface area contributed by atoms with Crippen molar-refractivity contribution in [3.8, 4) is 0 Å². The largest absolute Gasteiger partial charge is 0.313 e. The molecule has 0 bridgehead atoms. The van der Waals surface area contributed by atoms with Crippen molar-refractivity contribution in [1.29, 1.82) is 0 Å². The van der Waals surface area contributed by atoms with Crippen molar-refractivity contribution >= 4 is 6.08 Å². The second-order valence-electron chi connectivity index (χ2n) is 5.81. The first-order valence-electron chi connectivity index (χ1n) is 8.28. The highest BCUT2D eigenvalue weighted by Gasteiger charge is 2.18. The van der Waals surface area contributed by atoms with Gasteiger partial charge in [0.1, 0.15) is 0 Å². The normalized spacial score (nSPS) is 17.6. The Hall–Kier alpha value is -1.09. The number of hydrogen-bond acceptors (Lipinski definition) is 2. The summed E-state index contributed by atoms with van der Waals surface area (Å²) in [5.41, 5.74) is 2.84. The van der Waals surface area contributed by atoms with Crippen molar-refractivity contribution in [2.24, 2.45) is 5.92 Å². The quantitative estimate of drug-likeness (QED) is 0.818. The SMILES string of the molecule is CCCn1nccc1/C=C(/CNCC)C1CCCCC1. The maximum absolute atomic E-state index is 4.44. The van der Waals surface area contributed by atoms with Crippen LogP contribution in [0.5, 0.6) is 0 Å². The third kappa shape index (κ3) is 4.20. The molecule has 1 heterocycles. The lowest BCUT2D eigenvalue weighted by atomic mass is 9.83. The molecule has 20 heavy (non-hydrogen) atoms. The third-order valence-corrected chi connectivity index (χ3v) is 4.23. The van der Waals surface area contributed by atoms with E-state index < -0.39 is 0 Å². The standard InChI is InChI=1S/C17H29N3/c1-3-12-20-17(10-11-19-20)13-16(14-18-4-2)15-8-6-5-7-9-15/h10-11,13,15,18H,3-9,12,14H2,1-2H3/b16-13-. The van der Waals surface area contributed by atoms with Crippen molar-refractivity contribution in [3.05, 3.63) is 23.5 Å². The minimum atomic E-state index is 0.771. The molecule has 1 fully saturated rings. The van der Waals surface area contributed by atoms with Crippen LogP contribution in [0.1, 0.15) is 58.1 Å². The van der Waals surface area contributed by atoms with Crippen LogP contribution in [0.2, 0.25) is 0 Å². The Labute approximate surface area is 123 Å². The monoisotopic (exact) mass is 275 g/mol. The van der Waals surface area contributed by atoms with Gasteiger partial charge in [-0.1, -0.05) is 38.7 Å². The van der Waals surface area contributed by atoms with Crippen LogP contribution >= 0.6 is 0 Å². The minimum absolute atomic E-state index is 0.771. The Balaban J connectivity index is 2.15. The van der Waals surface area contributed by atoms with Gasteiger partial charge in [0.25, 0.3) is 0 Å². The number of aryl methyl sites for hydroxylation is 1. The molecule has 0 atom stereocenters. The molecule has 1 aromatic rings. The van der Waals surface area contributed by atoms with Crippen LogP contribution in [-0.2, 0) is 6.54 Å². The second-order valence-corrected chi connectivity index (χ2v) is 5.81. The fourth-order valence-electron chi connectivity index (χ4n) is 3.11. The molecular formula is C17H29N3. The van der Waals surface area contributed by atoms with E-state index >= 15 is 0 Å². The summed E-state index contributed by atoms with van der Waals surface area (Å²) in [4.78, 5) is 0. The van der Waals surface area contributed by atoms with E-state index in [9.17, 15) is 0 Å². The predicted molar refractivity (Wildman–Crippen MR) is 85.6 cm³/mol. The Morgan fingerprint density at radius 2 is 2.15 bits per heavy atom. The molecule has 112 valence electrons. The Bertz CT molecular complexity index is 414. The van der Waals surface area contributed by atoms with Gasteiger partial charge in [-0.25, -0.2) is 0 Å². The fourth-order valence-corrected chi connectivity index (χ4v) is 3.11. The van der Waals surface area contributed by atoms with Crippen molar-refractivity contribution in [2.75, 3.05) is 13.1 Å². The van der Waals surface area contributed by atoms with Gasteiger partial charge in [0, 0.05) is 19.3 Å². The van der Waals surface area contributed by atoms with E-state index in [-0.39, 0.29) is 0 Å². The zero-order valence-electron chi connectivity index (χ0n) is 13.1. The van der Waals surface area contributed by atoms with E-state index in [1.165, 1.54) is 37.8 Å². The molecule has 0 radical (unpaired) electrons. The molecule has 0 amide bonds. The number of rotatable bonds is 7. The molecule has 0 saturated heterocycles. The Kier molecular flexibility index (Phi) is 6.31. The molecule has 3 heteroatoms. The molecule has 2 rings (SSSR count). The minimum Gasteiger partial charge on any atom is -0.313 e. The second kappa shape index (κ2) is 8.25. The highest BCUT2D eigenvalue weighted by Crippen LogP contribution is 2.30. The molecular weight excluding hydrogens is 246 g/mol. The average Bonchev–Trinajstić information content (AvgIpc) is 2.92. The van der Waals surface area contributed by atoms with Gasteiger partial charge < -0.3 is 5.32 Å². The first-order chi connectivity index (χ1) is 9.85. The van der Waals surface area contributed by atoms with Crippen LogP contribution in [-0.4, -0.2) is 22.9 Å². The van der Waals surface area contributed by atoms with Crippen LogP contribution in [0, 0.1) is 5.92 Å². The third-order valence-electron chi connectivity index (χ3n) is 4.23. The number of nitrogens with zero attached hydrogens (tertiary/aromatic N) is 2. The summed E-state index contributed by atoms with van der Waals surface area (Å²) in [6, 6.07) is 2.14. The van der Waals surface area contributed by atoms with Gasteiger partial charge >= 0.3 is 0 Å². The van der Waals surface area contributed by atoms with Gasteiger partial charge in [-0.3, -0.25) is 4.68 Å². The summed E-state index contributed by atoms with van der Waals surface area (Å²) in [5, 5.41) is 7.95. The van der Waals surface area contributed by atoms with Gasteiger partial charge in [0.2, 0.25) is 0 Å². The molecule has 1 aliphatic carbocycles. The average molecular weight is 275 g/mol. The molecule has 3 nitrogen and oxygen atoms in total. The molecule has 1 aromatic heterocycles.